The van der Waals surface area contributed by atoms with Crippen molar-refractivity contribution in [2.75, 3.05) is 6.61 Å². The van der Waals surface area contributed by atoms with Gasteiger partial charge in [-0.1, -0.05) is 37.3 Å². The SMILES string of the molecule is C[C@@H]1C[C@H]2[C@@H]3CCC4=CC(=O)C(CC#CCO)=C[C@]4(C)[C@@]3(F)[C@@H](O)C[C@]2(C)[C@H]1OC(=O)c1ccco1. The van der Waals surface area contributed by atoms with E-state index in [2.05, 4.69) is 11.8 Å². The molecule has 1 aromatic rings. The van der Waals surface area contributed by atoms with Crippen molar-refractivity contribution < 1.29 is 33.3 Å². The second-order valence-corrected chi connectivity index (χ2v) is 11.4. The molecule has 8 atom stereocenters. The summed E-state index contributed by atoms with van der Waals surface area (Å²) in [5, 5.41) is 20.5. The predicted octanol–water partition coefficient (Wildman–Crippen LogP) is 4.18. The molecule has 36 heavy (non-hydrogen) atoms. The summed E-state index contributed by atoms with van der Waals surface area (Å²) in [6, 6.07) is 3.18. The summed E-state index contributed by atoms with van der Waals surface area (Å²) in [4.78, 5) is 25.5. The van der Waals surface area contributed by atoms with Gasteiger partial charge in [-0.15, -0.1) is 0 Å². The Bertz CT molecular complexity index is 1190. The van der Waals surface area contributed by atoms with Crippen molar-refractivity contribution in [3.05, 3.63) is 47.5 Å². The number of hydrogen-bond donors (Lipinski definition) is 2. The number of furan rings is 1. The van der Waals surface area contributed by atoms with Crippen molar-refractivity contribution in [1.82, 2.24) is 0 Å². The average Bonchev–Trinajstić information content (AvgIpc) is 3.44. The quantitative estimate of drug-likeness (QED) is 0.482. The van der Waals surface area contributed by atoms with Gasteiger partial charge in [0.2, 0.25) is 5.76 Å². The van der Waals surface area contributed by atoms with E-state index >= 15 is 4.39 Å². The minimum absolute atomic E-state index is 0.00833. The highest BCUT2D eigenvalue weighted by Gasteiger charge is 2.72. The third kappa shape index (κ3) is 3.45. The van der Waals surface area contributed by atoms with Crippen molar-refractivity contribution in [2.45, 2.75) is 70.8 Å². The van der Waals surface area contributed by atoms with Crippen molar-refractivity contribution in [1.29, 1.82) is 0 Å². The van der Waals surface area contributed by atoms with Gasteiger partial charge in [0.25, 0.3) is 0 Å². The predicted molar refractivity (Wildman–Crippen MR) is 129 cm³/mol. The van der Waals surface area contributed by atoms with Gasteiger partial charge in [0.15, 0.2) is 11.5 Å². The largest absolute Gasteiger partial charge is 0.457 e. The maximum atomic E-state index is 17.5. The molecule has 4 aliphatic rings. The summed E-state index contributed by atoms with van der Waals surface area (Å²) in [5.74, 6) is 4.13. The summed E-state index contributed by atoms with van der Waals surface area (Å²) >= 11 is 0. The van der Waals surface area contributed by atoms with E-state index in [0.29, 0.717) is 30.4 Å². The molecule has 4 aliphatic carbocycles. The molecule has 0 aromatic carbocycles. The average molecular weight is 497 g/mol. The molecule has 0 unspecified atom stereocenters. The lowest BCUT2D eigenvalue weighted by molar-refractivity contribution is -0.201. The first kappa shape index (κ1) is 25.0. The van der Waals surface area contributed by atoms with Crippen LogP contribution in [-0.4, -0.2) is 46.4 Å². The number of alkyl halides is 1. The van der Waals surface area contributed by atoms with E-state index in [1.807, 2.05) is 13.8 Å². The highest BCUT2D eigenvalue weighted by molar-refractivity contribution is 6.06. The van der Waals surface area contributed by atoms with Crippen LogP contribution in [-0.2, 0) is 9.53 Å². The first-order chi connectivity index (χ1) is 17.1. The first-order valence-electron chi connectivity index (χ1n) is 12.7. The van der Waals surface area contributed by atoms with Crippen LogP contribution < -0.4 is 0 Å². The topological polar surface area (TPSA) is 97.0 Å². The van der Waals surface area contributed by atoms with Gasteiger partial charge in [-0.05, 0) is 62.7 Å². The van der Waals surface area contributed by atoms with Crippen LogP contribution in [0.1, 0.15) is 63.4 Å². The fourth-order valence-electron chi connectivity index (χ4n) is 7.88. The van der Waals surface area contributed by atoms with Crippen LogP contribution in [0.3, 0.4) is 0 Å². The van der Waals surface area contributed by atoms with Gasteiger partial charge in [0.05, 0.1) is 12.4 Å². The molecule has 3 fully saturated rings. The number of rotatable bonds is 3. The second kappa shape index (κ2) is 8.71. The summed E-state index contributed by atoms with van der Waals surface area (Å²) in [6.45, 7) is 5.50. The van der Waals surface area contributed by atoms with Crippen LogP contribution in [0.25, 0.3) is 0 Å². The van der Waals surface area contributed by atoms with E-state index in [1.165, 1.54) is 12.3 Å². The lowest BCUT2D eigenvalue weighted by Crippen LogP contribution is -2.67. The van der Waals surface area contributed by atoms with E-state index in [4.69, 9.17) is 14.3 Å². The summed E-state index contributed by atoms with van der Waals surface area (Å²) in [7, 11) is 0. The zero-order valence-corrected chi connectivity index (χ0v) is 20.9. The molecule has 6 nitrogen and oxygen atoms in total. The van der Waals surface area contributed by atoms with Gasteiger partial charge in [-0.2, -0.15) is 0 Å². The molecule has 0 saturated heterocycles. The fraction of sp³-hybridized carbons (Fsp3) is 0.586. The highest BCUT2D eigenvalue weighted by atomic mass is 19.1. The maximum Gasteiger partial charge on any atom is 0.374 e. The van der Waals surface area contributed by atoms with Gasteiger partial charge in [0, 0.05) is 28.7 Å². The van der Waals surface area contributed by atoms with E-state index in [1.54, 1.807) is 25.1 Å². The van der Waals surface area contributed by atoms with Gasteiger partial charge in [0.1, 0.15) is 12.7 Å². The number of allylic oxidation sites excluding steroid dienone is 4. The van der Waals surface area contributed by atoms with Crippen LogP contribution in [0.15, 0.2) is 46.1 Å². The molecular formula is C29H33FO6. The Balaban J connectivity index is 1.50. The third-order valence-corrected chi connectivity index (χ3v) is 9.49. The molecule has 0 amide bonds. The zero-order chi connectivity index (χ0) is 25.9. The number of hydrogen-bond acceptors (Lipinski definition) is 6. The highest BCUT2D eigenvalue weighted by Crippen LogP contribution is 2.69. The van der Waals surface area contributed by atoms with Crippen molar-refractivity contribution in [3.63, 3.8) is 0 Å². The van der Waals surface area contributed by atoms with E-state index < -0.39 is 40.6 Å². The Morgan fingerprint density at radius 1 is 1.31 bits per heavy atom. The van der Waals surface area contributed by atoms with Gasteiger partial charge >= 0.3 is 5.97 Å². The number of aliphatic hydroxyl groups is 2. The first-order valence-corrected chi connectivity index (χ1v) is 12.7. The van der Waals surface area contributed by atoms with Gasteiger partial charge in [-0.3, -0.25) is 4.79 Å². The van der Waals surface area contributed by atoms with E-state index in [0.717, 1.165) is 0 Å². The normalized spacial score (nSPS) is 41.2. The standard InChI is InChI=1S/C29H33FO6/c1-17-13-21-20-10-9-19-14-22(32)18(7-4-5-11-31)15-28(19,3)29(20,30)24(33)16-27(21,2)25(17)36-26(34)23-8-6-12-35-23/h6,8,12,14-15,17,20-21,24-25,31,33H,7,9-11,13,16H2,1-3H3/t17-,20+,21+,24+,25+,27+,28+,29+/m1/s1. The van der Waals surface area contributed by atoms with Gasteiger partial charge < -0.3 is 19.4 Å². The number of carbonyl (C=O) groups excluding carboxylic acids is 2. The smallest absolute Gasteiger partial charge is 0.374 e. The molecular weight excluding hydrogens is 463 g/mol. The minimum Gasteiger partial charge on any atom is -0.457 e. The van der Waals surface area contributed by atoms with Crippen molar-refractivity contribution in [2.24, 2.45) is 28.6 Å². The van der Waals surface area contributed by atoms with E-state index in [-0.39, 0.29) is 42.8 Å². The molecule has 2 N–H and O–H groups in total. The van der Waals surface area contributed by atoms with Crippen LogP contribution >= 0.6 is 0 Å². The van der Waals surface area contributed by atoms with Crippen LogP contribution in [0, 0.1) is 40.4 Å². The molecule has 0 radical (unpaired) electrons. The number of carbonyl (C=O) groups is 2. The molecule has 5 rings (SSSR count). The summed E-state index contributed by atoms with van der Waals surface area (Å²) in [5.41, 5.74) is -2.61. The molecule has 1 heterocycles. The zero-order valence-electron chi connectivity index (χ0n) is 20.9. The molecule has 0 bridgehead atoms. The third-order valence-electron chi connectivity index (χ3n) is 9.49. The van der Waals surface area contributed by atoms with Gasteiger partial charge in [-0.25, -0.2) is 9.18 Å². The molecule has 0 spiro atoms. The molecule has 192 valence electrons. The number of aliphatic hydroxyl groups excluding tert-OH is 2. The number of fused-ring (bicyclic) bond motifs is 5. The Morgan fingerprint density at radius 2 is 2.08 bits per heavy atom. The lowest BCUT2D eigenvalue weighted by atomic mass is 9.45. The molecule has 3 saturated carbocycles. The minimum atomic E-state index is -1.97. The number of esters is 1. The lowest BCUT2D eigenvalue weighted by Gasteiger charge is -2.61. The van der Waals surface area contributed by atoms with Crippen LogP contribution in [0.4, 0.5) is 4.39 Å². The second-order valence-electron chi connectivity index (χ2n) is 11.4. The Morgan fingerprint density at radius 3 is 2.78 bits per heavy atom. The molecule has 1 aromatic heterocycles. The summed E-state index contributed by atoms with van der Waals surface area (Å²) < 4.78 is 28.7. The number of halogens is 1. The monoisotopic (exact) mass is 496 g/mol. The number of ketones is 1. The van der Waals surface area contributed by atoms with Crippen molar-refractivity contribution in [3.8, 4) is 11.8 Å². The molecule has 7 heteroatoms. The Labute approximate surface area is 210 Å². The number of ether oxygens (including phenoxy) is 1. The van der Waals surface area contributed by atoms with Crippen LogP contribution in [0.5, 0.6) is 0 Å². The van der Waals surface area contributed by atoms with E-state index in [9.17, 15) is 14.7 Å². The van der Waals surface area contributed by atoms with Crippen LogP contribution in [0.2, 0.25) is 0 Å². The van der Waals surface area contributed by atoms with Crippen molar-refractivity contribution >= 4 is 11.8 Å². The summed E-state index contributed by atoms with van der Waals surface area (Å²) in [6.07, 6.45) is 4.88. The maximum absolute atomic E-state index is 17.5. The fourth-order valence-corrected chi connectivity index (χ4v) is 7.88. The Hall–Kier alpha value is -2.69. The Kier molecular flexibility index (Phi) is 6.04. The molecule has 0 aliphatic heterocycles.